The number of hydrogen-bond acceptors (Lipinski definition) is 3. The third-order valence-electron chi connectivity index (χ3n) is 3.96. The van der Waals surface area contributed by atoms with E-state index in [9.17, 15) is 4.79 Å². The molecule has 0 saturated carbocycles. The third-order valence-corrected chi connectivity index (χ3v) is 4.47. The van der Waals surface area contributed by atoms with Crippen LogP contribution in [0.15, 0.2) is 60.2 Å². The maximum absolute atomic E-state index is 12.1. The molecule has 4 nitrogen and oxygen atoms in total. The van der Waals surface area contributed by atoms with Crippen LogP contribution in [0.1, 0.15) is 13.3 Å². The van der Waals surface area contributed by atoms with Crippen LogP contribution in [0.3, 0.4) is 0 Å². The van der Waals surface area contributed by atoms with Gasteiger partial charge in [0.15, 0.2) is 6.61 Å². The first-order chi connectivity index (χ1) is 12.4. The van der Waals surface area contributed by atoms with Crippen LogP contribution in [0, 0.1) is 0 Å². The Hall–Kier alpha value is -2.17. The molecule has 1 aliphatic rings. The van der Waals surface area contributed by atoms with Gasteiger partial charge in [-0.05, 0) is 67.4 Å². The highest BCUT2D eigenvalue weighted by Crippen LogP contribution is 2.30. The molecule has 3 rings (SSSR count). The summed E-state index contributed by atoms with van der Waals surface area (Å²) < 4.78 is 11.2. The molecule has 2 aromatic carbocycles. The van der Waals surface area contributed by atoms with Gasteiger partial charge in [0, 0.05) is 10.0 Å². The summed E-state index contributed by atoms with van der Waals surface area (Å²) in [5.74, 6) is 1.21. The summed E-state index contributed by atoms with van der Waals surface area (Å²) in [7, 11) is 0. The average Bonchev–Trinajstić information content (AvgIpc) is 2.59. The van der Waals surface area contributed by atoms with Gasteiger partial charge in [0.2, 0.25) is 0 Å². The molecule has 0 aromatic heterocycles. The predicted octanol–water partition coefficient (Wildman–Crippen LogP) is 4.66. The summed E-state index contributed by atoms with van der Waals surface area (Å²) >= 11 is 11.7. The number of benzene rings is 2. The smallest absolute Gasteiger partial charge is 0.258 e. The first-order valence-electron chi connectivity index (χ1n) is 8.20. The van der Waals surface area contributed by atoms with E-state index in [2.05, 4.69) is 5.32 Å². The van der Waals surface area contributed by atoms with Crippen molar-refractivity contribution >= 4 is 29.1 Å². The van der Waals surface area contributed by atoms with Crippen molar-refractivity contribution in [3.8, 4) is 11.5 Å². The number of carbonyl (C=O) groups excluding carboxylic acids is 1. The minimum absolute atomic E-state index is 0.0400. The Kier molecular flexibility index (Phi) is 5.74. The van der Waals surface area contributed by atoms with Crippen molar-refractivity contribution in [3.63, 3.8) is 0 Å². The third kappa shape index (κ3) is 5.16. The molecule has 26 heavy (non-hydrogen) atoms. The van der Waals surface area contributed by atoms with E-state index >= 15 is 0 Å². The summed E-state index contributed by atoms with van der Waals surface area (Å²) in [5.41, 5.74) is 0.778. The molecule has 136 valence electrons. The van der Waals surface area contributed by atoms with E-state index < -0.39 is 0 Å². The van der Waals surface area contributed by atoms with Crippen LogP contribution >= 0.6 is 23.2 Å². The Bertz CT molecular complexity index is 803. The lowest BCUT2D eigenvalue weighted by molar-refractivity contribution is -0.124. The lowest BCUT2D eigenvalue weighted by Gasteiger charge is -2.37. The van der Waals surface area contributed by atoms with Gasteiger partial charge in [0.1, 0.15) is 18.1 Å². The fraction of sp³-hybridized carbons (Fsp3) is 0.250. The van der Waals surface area contributed by atoms with Crippen LogP contribution in [0.5, 0.6) is 11.5 Å². The van der Waals surface area contributed by atoms with E-state index in [-0.39, 0.29) is 18.1 Å². The molecule has 1 atom stereocenters. The molecule has 0 heterocycles. The normalized spacial score (nSPS) is 18.5. The minimum Gasteiger partial charge on any atom is -0.489 e. The second kappa shape index (κ2) is 8.02. The molecule has 1 N–H and O–H groups in total. The zero-order chi connectivity index (χ0) is 18.6. The van der Waals surface area contributed by atoms with Gasteiger partial charge >= 0.3 is 0 Å². The van der Waals surface area contributed by atoms with Crippen molar-refractivity contribution in [1.29, 1.82) is 0 Å². The summed E-state index contributed by atoms with van der Waals surface area (Å²) in [6.07, 6.45) is 2.76. The molecule has 0 saturated heterocycles. The van der Waals surface area contributed by atoms with E-state index in [1.807, 2.05) is 25.1 Å². The van der Waals surface area contributed by atoms with Crippen LogP contribution in [-0.4, -0.2) is 24.7 Å². The molecular weight excluding hydrogens is 373 g/mol. The lowest BCUT2D eigenvalue weighted by Crippen LogP contribution is -2.51. The predicted molar refractivity (Wildman–Crippen MR) is 103 cm³/mol. The van der Waals surface area contributed by atoms with Crippen LogP contribution in [0.4, 0.5) is 0 Å². The molecule has 1 unspecified atom stereocenters. The van der Waals surface area contributed by atoms with Gasteiger partial charge in [0.25, 0.3) is 5.91 Å². The molecule has 1 amide bonds. The summed E-state index contributed by atoms with van der Waals surface area (Å²) in [6.45, 7) is 2.43. The lowest BCUT2D eigenvalue weighted by atomic mass is 9.80. The Morgan fingerprint density at radius 1 is 1.00 bits per heavy atom. The monoisotopic (exact) mass is 391 g/mol. The molecule has 0 fully saturated rings. The molecule has 0 radical (unpaired) electrons. The van der Waals surface area contributed by atoms with Gasteiger partial charge in [-0.15, -0.1) is 0 Å². The van der Waals surface area contributed by atoms with Crippen molar-refractivity contribution in [3.05, 3.63) is 70.2 Å². The molecule has 1 aliphatic carbocycles. The summed E-state index contributed by atoms with van der Waals surface area (Å²) in [5, 5.41) is 4.27. The Labute approximate surface area is 162 Å². The quantitative estimate of drug-likeness (QED) is 0.698. The van der Waals surface area contributed by atoms with E-state index in [0.717, 1.165) is 17.7 Å². The fourth-order valence-electron chi connectivity index (χ4n) is 2.81. The maximum atomic E-state index is 12.1. The van der Waals surface area contributed by atoms with Crippen molar-refractivity contribution < 1.29 is 14.3 Å². The van der Waals surface area contributed by atoms with Gasteiger partial charge in [-0.3, -0.25) is 4.79 Å². The molecule has 0 bridgehead atoms. The SMILES string of the molecule is CC1(NC(=O)COc2ccc(Cl)cc2)C=C(COc2ccc(Cl)cc2)C1. The zero-order valence-electron chi connectivity index (χ0n) is 14.3. The second-order valence-corrected chi connectivity index (χ2v) is 7.30. The van der Waals surface area contributed by atoms with Crippen LogP contribution in [0.2, 0.25) is 10.0 Å². The molecule has 0 spiro atoms. The van der Waals surface area contributed by atoms with Gasteiger partial charge in [-0.25, -0.2) is 0 Å². The Morgan fingerprint density at radius 2 is 1.50 bits per heavy atom. The number of carbonyl (C=O) groups is 1. The molecule has 6 heteroatoms. The van der Waals surface area contributed by atoms with E-state index in [1.54, 1.807) is 36.4 Å². The first-order valence-corrected chi connectivity index (χ1v) is 8.96. The number of rotatable bonds is 7. The van der Waals surface area contributed by atoms with E-state index in [4.69, 9.17) is 32.7 Å². The number of ether oxygens (including phenoxy) is 2. The number of amides is 1. The van der Waals surface area contributed by atoms with Crippen LogP contribution in [0.25, 0.3) is 0 Å². The van der Waals surface area contributed by atoms with Crippen LogP contribution < -0.4 is 14.8 Å². The first kappa shape index (κ1) is 18.6. The summed E-state index contributed by atoms with van der Waals surface area (Å²) in [4.78, 5) is 12.1. The van der Waals surface area contributed by atoms with E-state index in [0.29, 0.717) is 22.4 Å². The number of hydrogen-bond donors (Lipinski definition) is 1. The average molecular weight is 392 g/mol. The standard InChI is InChI=1S/C20H19Cl2NO3/c1-20(23-19(24)13-26-18-8-4-16(22)5-9-18)10-14(11-20)12-25-17-6-2-15(21)3-7-17/h2-10H,11-13H2,1H3,(H,23,24). The highest BCUT2D eigenvalue weighted by Gasteiger charge is 2.33. The van der Waals surface area contributed by atoms with Crippen LogP contribution in [-0.2, 0) is 4.79 Å². The second-order valence-electron chi connectivity index (χ2n) is 6.43. The van der Waals surface area contributed by atoms with Crippen molar-refractivity contribution in [2.24, 2.45) is 0 Å². The van der Waals surface area contributed by atoms with Gasteiger partial charge < -0.3 is 14.8 Å². The largest absolute Gasteiger partial charge is 0.489 e. The highest BCUT2D eigenvalue weighted by atomic mass is 35.5. The fourth-order valence-corrected chi connectivity index (χ4v) is 3.06. The summed E-state index contributed by atoms with van der Waals surface area (Å²) in [6, 6.07) is 14.1. The zero-order valence-corrected chi connectivity index (χ0v) is 15.8. The Morgan fingerprint density at radius 3 is 2.04 bits per heavy atom. The van der Waals surface area contributed by atoms with Crippen molar-refractivity contribution in [2.75, 3.05) is 13.2 Å². The van der Waals surface area contributed by atoms with Crippen molar-refractivity contribution in [1.82, 2.24) is 5.32 Å². The minimum atomic E-state index is -0.362. The Balaban J connectivity index is 1.42. The number of halogens is 2. The highest BCUT2D eigenvalue weighted by molar-refractivity contribution is 6.30. The van der Waals surface area contributed by atoms with E-state index in [1.165, 1.54) is 0 Å². The van der Waals surface area contributed by atoms with Crippen molar-refractivity contribution in [2.45, 2.75) is 18.9 Å². The van der Waals surface area contributed by atoms with Gasteiger partial charge in [0.05, 0.1) is 5.54 Å². The topological polar surface area (TPSA) is 47.6 Å². The molecular formula is C20H19Cl2NO3. The van der Waals surface area contributed by atoms with Gasteiger partial charge in [-0.1, -0.05) is 29.3 Å². The molecule has 2 aromatic rings. The van der Waals surface area contributed by atoms with Gasteiger partial charge in [-0.2, -0.15) is 0 Å². The maximum Gasteiger partial charge on any atom is 0.258 e. The molecule has 0 aliphatic heterocycles. The number of nitrogens with one attached hydrogen (secondary N) is 1.